The number of unbranched alkanes of at least 4 members (excludes halogenated alkanes) is 1. The Morgan fingerprint density at radius 2 is 1.75 bits per heavy atom. The van der Waals surface area contributed by atoms with Crippen LogP contribution in [0.25, 0.3) is 0 Å². The summed E-state index contributed by atoms with van der Waals surface area (Å²) in [6.07, 6.45) is 3.23. The number of hydrogen-bond acceptors (Lipinski definition) is 5. The number of aromatic nitrogens is 1. The van der Waals surface area contributed by atoms with Gasteiger partial charge in [0.2, 0.25) is 10.0 Å². The summed E-state index contributed by atoms with van der Waals surface area (Å²) in [6.45, 7) is 5.49. The van der Waals surface area contributed by atoms with E-state index in [0.29, 0.717) is 6.42 Å². The van der Waals surface area contributed by atoms with Gasteiger partial charge in [0.15, 0.2) is 0 Å². The van der Waals surface area contributed by atoms with Gasteiger partial charge in [-0.3, -0.25) is 0 Å². The molecule has 152 valence electrons. The predicted molar refractivity (Wildman–Crippen MR) is 111 cm³/mol. The monoisotopic (exact) mass is 406 g/mol. The maximum Gasteiger partial charge on any atom is 0.211 e. The van der Waals surface area contributed by atoms with Crippen molar-refractivity contribution in [2.75, 3.05) is 41.7 Å². The van der Waals surface area contributed by atoms with Crippen LogP contribution in [0.1, 0.15) is 25.3 Å². The van der Waals surface area contributed by atoms with Gasteiger partial charge in [0.05, 0.1) is 5.75 Å². The lowest BCUT2D eigenvalue weighted by atomic mass is 10.2. The molecular formula is C20H27FN4O2S. The van der Waals surface area contributed by atoms with Gasteiger partial charge in [-0.1, -0.05) is 13.3 Å². The molecule has 3 rings (SSSR count). The number of halogens is 1. The average molecular weight is 407 g/mol. The first-order valence-corrected chi connectivity index (χ1v) is 11.3. The zero-order valence-corrected chi connectivity index (χ0v) is 17.0. The summed E-state index contributed by atoms with van der Waals surface area (Å²) in [4.78, 5) is 8.86. The molecule has 6 nitrogen and oxygen atoms in total. The molecule has 2 aromatic rings. The molecule has 0 spiro atoms. The molecule has 0 atom stereocenters. The van der Waals surface area contributed by atoms with Crippen molar-refractivity contribution in [2.45, 2.75) is 26.3 Å². The van der Waals surface area contributed by atoms with Crippen LogP contribution in [-0.4, -0.2) is 45.3 Å². The first kappa shape index (κ1) is 20.5. The number of hydrogen-bond donors (Lipinski definition) is 1. The van der Waals surface area contributed by atoms with Gasteiger partial charge >= 0.3 is 0 Å². The molecule has 1 aliphatic rings. The molecule has 0 saturated carbocycles. The number of rotatable bonds is 8. The van der Waals surface area contributed by atoms with Crippen LogP contribution in [0.3, 0.4) is 0 Å². The quantitative estimate of drug-likeness (QED) is 0.730. The van der Waals surface area contributed by atoms with Gasteiger partial charge in [-0.15, -0.1) is 0 Å². The molecule has 28 heavy (non-hydrogen) atoms. The van der Waals surface area contributed by atoms with Crippen molar-refractivity contribution in [3.63, 3.8) is 0 Å². The van der Waals surface area contributed by atoms with Crippen molar-refractivity contribution in [3.05, 3.63) is 54.0 Å². The number of piperazine rings is 1. The molecule has 1 aliphatic heterocycles. The normalized spacial score (nSPS) is 15.1. The minimum Gasteiger partial charge on any atom is -0.368 e. The van der Waals surface area contributed by atoms with E-state index < -0.39 is 10.0 Å². The molecule has 1 aromatic carbocycles. The molecule has 0 amide bonds. The standard InChI is InChI=1S/C20H27FN4O2S/c1-2-3-14-28(26,27)23-16-17-8-9-22-20(15-17)25-12-10-24(11-13-25)19-6-4-18(21)5-7-19/h4-9,15,23H,2-3,10-14,16H2,1H3. The van der Waals surface area contributed by atoms with Gasteiger partial charge < -0.3 is 9.80 Å². The highest BCUT2D eigenvalue weighted by Crippen LogP contribution is 2.20. The van der Waals surface area contributed by atoms with E-state index >= 15 is 0 Å². The van der Waals surface area contributed by atoms with Crippen LogP contribution in [0.4, 0.5) is 15.9 Å². The smallest absolute Gasteiger partial charge is 0.211 e. The Bertz CT molecular complexity index is 866. The van der Waals surface area contributed by atoms with Crippen LogP contribution >= 0.6 is 0 Å². The number of benzene rings is 1. The molecule has 1 N–H and O–H groups in total. The molecular weight excluding hydrogens is 379 g/mol. The highest BCUT2D eigenvalue weighted by molar-refractivity contribution is 7.89. The molecule has 0 bridgehead atoms. The molecule has 1 saturated heterocycles. The molecule has 0 aliphatic carbocycles. The van der Waals surface area contributed by atoms with E-state index in [4.69, 9.17) is 0 Å². The van der Waals surface area contributed by atoms with E-state index in [1.807, 2.05) is 19.1 Å². The van der Waals surface area contributed by atoms with Gasteiger partial charge in [0, 0.05) is 44.6 Å². The van der Waals surface area contributed by atoms with Gasteiger partial charge in [0.1, 0.15) is 11.6 Å². The van der Waals surface area contributed by atoms with E-state index in [1.54, 1.807) is 18.3 Å². The van der Waals surface area contributed by atoms with Crippen LogP contribution < -0.4 is 14.5 Å². The van der Waals surface area contributed by atoms with Gasteiger partial charge in [-0.05, 0) is 48.4 Å². The predicted octanol–water partition coefficient (Wildman–Crippen LogP) is 2.77. The number of anilines is 2. The van der Waals surface area contributed by atoms with Gasteiger partial charge in [-0.25, -0.2) is 22.5 Å². The lowest BCUT2D eigenvalue weighted by Crippen LogP contribution is -2.46. The number of nitrogens with one attached hydrogen (secondary N) is 1. The molecule has 0 radical (unpaired) electrons. The van der Waals surface area contributed by atoms with Crippen molar-refractivity contribution < 1.29 is 12.8 Å². The summed E-state index contributed by atoms with van der Waals surface area (Å²) < 4.78 is 39.7. The summed E-state index contributed by atoms with van der Waals surface area (Å²) in [5.41, 5.74) is 1.91. The Morgan fingerprint density at radius 3 is 2.43 bits per heavy atom. The molecule has 8 heteroatoms. The molecule has 1 fully saturated rings. The summed E-state index contributed by atoms with van der Waals surface area (Å²) in [7, 11) is -3.24. The third kappa shape index (κ3) is 5.65. The fourth-order valence-corrected chi connectivity index (χ4v) is 4.39. The highest BCUT2D eigenvalue weighted by atomic mass is 32.2. The first-order valence-electron chi connectivity index (χ1n) is 9.64. The fourth-order valence-electron chi connectivity index (χ4n) is 3.19. The maximum atomic E-state index is 13.1. The summed E-state index contributed by atoms with van der Waals surface area (Å²) in [6, 6.07) is 10.3. The second-order valence-electron chi connectivity index (χ2n) is 6.97. The number of sulfonamides is 1. The third-order valence-corrected chi connectivity index (χ3v) is 6.28. The zero-order valence-electron chi connectivity index (χ0n) is 16.1. The second-order valence-corrected chi connectivity index (χ2v) is 8.89. The van der Waals surface area contributed by atoms with Gasteiger partial charge in [0.25, 0.3) is 0 Å². The van der Waals surface area contributed by atoms with E-state index in [0.717, 1.165) is 49.7 Å². The number of nitrogens with zero attached hydrogens (tertiary/aromatic N) is 3. The van der Waals surface area contributed by atoms with Crippen LogP contribution in [0.5, 0.6) is 0 Å². The third-order valence-electron chi connectivity index (χ3n) is 4.87. The van der Waals surface area contributed by atoms with Crippen molar-refractivity contribution in [1.29, 1.82) is 0 Å². The summed E-state index contributed by atoms with van der Waals surface area (Å²) in [5.74, 6) is 0.782. The lowest BCUT2D eigenvalue weighted by Gasteiger charge is -2.36. The maximum absolute atomic E-state index is 13.1. The van der Waals surface area contributed by atoms with Crippen LogP contribution in [0, 0.1) is 5.82 Å². The fraction of sp³-hybridized carbons (Fsp3) is 0.450. The Kier molecular flexibility index (Phi) is 6.85. The van der Waals surface area contributed by atoms with Crippen molar-refractivity contribution in [2.24, 2.45) is 0 Å². The van der Waals surface area contributed by atoms with Crippen LogP contribution in [-0.2, 0) is 16.6 Å². The van der Waals surface area contributed by atoms with Gasteiger partial charge in [-0.2, -0.15) is 0 Å². The van der Waals surface area contributed by atoms with E-state index in [9.17, 15) is 12.8 Å². The average Bonchev–Trinajstić information content (AvgIpc) is 2.72. The molecule has 2 heterocycles. The minimum atomic E-state index is -3.24. The Labute approximate surface area is 166 Å². The Hall–Kier alpha value is -2.19. The largest absolute Gasteiger partial charge is 0.368 e. The minimum absolute atomic E-state index is 0.160. The van der Waals surface area contributed by atoms with Crippen molar-refractivity contribution in [3.8, 4) is 0 Å². The Morgan fingerprint density at radius 1 is 1.07 bits per heavy atom. The van der Waals surface area contributed by atoms with Crippen LogP contribution in [0.15, 0.2) is 42.6 Å². The van der Waals surface area contributed by atoms with E-state index in [-0.39, 0.29) is 18.1 Å². The Balaban J connectivity index is 1.56. The summed E-state index contributed by atoms with van der Waals surface area (Å²) >= 11 is 0. The SMILES string of the molecule is CCCCS(=O)(=O)NCc1ccnc(N2CCN(c3ccc(F)cc3)CC2)c1. The van der Waals surface area contributed by atoms with E-state index in [2.05, 4.69) is 19.5 Å². The molecule has 0 unspecified atom stereocenters. The highest BCUT2D eigenvalue weighted by Gasteiger charge is 2.19. The summed E-state index contributed by atoms with van der Waals surface area (Å²) in [5, 5.41) is 0. The van der Waals surface area contributed by atoms with Crippen molar-refractivity contribution >= 4 is 21.5 Å². The van der Waals surface area contributed by atoms with Crippen molar-refractivity contribution in [1.82, 2.24) is 9.71 Å². The zero-order chi connectivity index (χ0) is 20.0. The number of pyridine rings is 1. The topological polar surface area (TPSA) is 65.5 Å². The first-order chi connectivity index (χ1) is 13.5. The van der Waals surface area contributed by atoms with E-state index in [1.165, 1.54) is 12.1 Å². The lowest BCUT2D eigenvalue weighted by molar-refractivity contribution is 0.578. The van der Waals surface area contributed by atoms with Crippen LogP contribution in [0.2, 0.25) is 0 Å². The second kappa shape index (κ2) is 9.34. The molecule has 1 aromatic heterocycles.